The van der Waals surface area contributed by atoms with Crippen LogP contribution >= 0.6 is 11.6 Å². The summed E-state index contributed by atoms with van der Waals surface area (Å²) >= 11 is 5.89. The molecule has 0 atom stereocenters. The Labute approximate surface area is 122 Å². The lowest BCUT2D eigenvalue weighted by atomic mass is 10.2. The van der Waals surface area contributed by atoms with Crippen molar-refractivity contribution in [2.45, 2.75) is 6.92 Å². The van der Waals surface area contributed by atoms with Crippen LogP contribution in [0, 0.1) is 6.92 Å². The van der Waals surface area contributed by atoms with Gasteiger partial charge in [0, 0.05) is 11.6 Å². The monoisotopic (exact) mass is 297 g/mol. The molecular formula is C14H16ClNO4. The molecule has 0 saturated heterocycles. The van der Waals surface area contributed by atoms with E-state index >= 15 is 0 Å². The molecule has 0 fully saturated rings. The molecule has 0 bridgehead atoms. The molecule has 6 heteroatoms. The third-order valence-electron chi connectivity index (χ3n) is 2.52. The number of rotatable bonds is 7. The maximum atomic E-state index is 11.9. The summed E-state index contributed by atoms with van der Waals surface area (Å²) in [5.74, 6) is -0.989. The van der Waals surface area contributed by atoms with Gasteiger partial charge >= 0.3 is 5.97 Å². The lowest BCUT2D eigenvalue weighted by Crippen LogP contribution is -2.38. The van der Waals surface area contributed by atoms with Crippen molar-refractivity contribution in [1.82, 2.24) is 4.90 Å². The smallest absolute Gasteiger partial charge is 0.323 e. The number of hydrogen-bond donors (Lipinski definition) is 1. The quantitative estimate of drug-likeness (QED) is 0.783. The van der Waals surface area contributed by atoms with Crippen LogP contribution in [0.3, 0.4) is 0 Å². The fourth-order valence-electron chi connectivity index (χ4n) is 1.52. The average molecular weight is 298 g/mol. The van der Waals surface area contributed by atoms with E-state index in [1.807, 2.05) is 6.92 Å². The molecule has 1 amide bonds. The highest BCUT2D eigenvalue weighted by molar-refractivity contribution is 6.31. The number of carbonyl (C=O) groups is 2. The van der Waals surface area contributed by atoms with Gasteiger partial charge in [0.05, 0.1) is 0 Å². The molecule has 1 aromatic carbocycles. The second kappa shape index (κ2) is 7.55. The summed E-state index contributed by atoms with van der Waals surface area (Å²) < 4.78 is 5.34. The fraction of sp³-hybridized carbons (Fsp3) is 0.286. The van der Waals surface area contributed by atoms with Gasteiger partial charge in [0.15, 0.2) is 6.61 Å². The highest BCUT2D eigenvalue weighted by Crippen LogP contribution is 2.20. The second-order valence-electron chi connectivity index (χ2n) is 4.16. The summed E-state index contributed by atoms with van der Waals surface area (Å²) in [6.07, 6.45) is 1.47. The van der Waals surface area contributed by atoms with Gasteiger partial charge in [-0.2, -0.15) is 0 Å². The predicted molar refractivity (Wildman–Crippen MR) is 76.1 cm³/mol. The molecule has 0 spiro atoms. The maximum absolute atomic E-state index is 11.9. The van der Waals surface area contributed by atoms with Crippen LogP contribution in [0.2, 0.25) is 5.02 Å². The molecule has 0 aliphatic carbocycles. The van der Waals surface area contributed by atoms with Crippen molar-refractivity contribution in [3.8, 4) is 5.75 Å². The number of carboxylic acid groups (broad SMARTS) is 1. The lowest BCUT2D eigenvalue weighted by molar-refractivity contribution is -0.144. The van der Waals surface area contributed by atoms with E-state index in [1.54, 1.807) is 18.2 Å². The van der Waals surface area contributed by atoms with Gasteiger partial charge in [-0.15, -0.1) is 6.58 Å². The molecule has 0 aliphatic rings. The predicted octanol–water partition coefficient (Wildman–Crippen LogP) is 2.13. The molecule has 0 aliphatic heterocycles. The van der Waals surface area contributed by atoms with Gasteiger partial charge in [-0.25, -0.2) is 0 Å². The van der Waals surface area contributed by atoms with E-state index in [9.17, 15) is 9.59 Å². The van der Waals surface area contributed by atoms with Crippen LogP contribution in [0.15, 0.2) is 30.9 Å². The van der Waals surface area contributed by atoms with Gasteiger partial charge in [0.2, 0.25) is 0 Å². The van der Waals surface area contributed by atoms with E-state index in [0.29, 0.717) is 10.8 Å². The highest BCUT2D eigenvalue weighted by Gasteiger charge is 2.16. The van der Waals surface area contributed by atoms with E-state index in [-0.39, 0.29) is 19.7 Å². The number of carbonyl (C=O) groups excluding carboxylic acids is 1. The van der Waals surface area contributed by atoms with Crippen molar-refractivity contribution in [1.29, 1.82) is 0 Å². The lowest BCUT2D eigenvalue weighted by Gasteiger charge is -2.19. The zero-order valence-corrected chi connectivity index (χ0v) is 11.9. The van der Waals surface area contributed by atoms with E-state index in [4.69, 9.17) is 21.4 Å². The van der Waals surface area contributed by atoms with Crippen LogP contribution in [-0.2, 0) is 9.59 Å². The van der Waals surface area contributed by atoms with Crippen molar-refractivity contribution >= 4 is 23.5 Å². The number of benzene rings is 1. The number of nitrogens with zero attached hydrogens (tertiary/aromatic N) is 1. The summed E-state index contributed by atoms with van der Waals surface area (Å²) in [4.78, 5) is 23.7. The molecule has 1 N–H and O–H groups in total. The van der Waals surface area contributed by atoms with E-state index < -0.39 is 11.9 Å². The standard InChI is InChI=1S/C14H16ClNO4/c1-3-6-16(8-14(18)19)13(17)9-20-11-4-5-12(15)10(2)7-11/h3-5,7H,1,6,8-9H2,2H3,(H,18,19). The average Bonchev–Trinajstić information content (AvgIpc) is 2.39. The van der Waals surface area contributed by atoms with E-state index in [0.717, 1.165) is 10.5 Å². The highest BCUT2D eigenvalue weighted by atomic mass is 35.5. The molecule has 0 heterocycles. The van der Waals surface area contributed by atoms with Crippen molar-refractivity contribution in [3.63, 3.8) is 0 Å². The zero-order valence-electron chi connectivity index (χ0n) is 11.1. The van der Waals surface area contributed by atoms with Crippen molar-refractivity contribution < 1.29 is 19.4 Å². The van der Waals surface area contributed by atoms with Crippen molar-refractivity contribution in [2.24, 2.45) is 0 Å². The zero-order chi connectivity index (χ0) is 15.1. The third kappa shape index (κ3) is 4.93. The number of aryl methyl sites for hydroxylation is 1. The first-order chi connectivity index (χ1) is 9.43. The van der Waals surface area contributed by atoms with Crippen LogP contribution in [0.5, 0.6) is 5.75 Å². The molecule has 0 radical (unpaired) electrons. The summed E-state index contributed by atoms with van der Waals surface area (Å²) in [7, 11) is 0. The second-order valence-corrected chi connectivity index (χ2v) is 4.56. The molecule has 0 aromatic heterocycles. The van der Waals surface area contributed by atoms with Gasteiger partial charge < -0.3 is 14.7 Å². The summed E-state index contributed by atoms with van der Waals surface area (Å²) in [5.41, 5.74) is 0.838. The SMILES string of the molecule is C=CCN(CC(=O)O)C(=O)COc1ccc(Cl)c(C)c1. The third-order valence-corrected chi connectivity index (χ3v) is 2.94. The van der Waals surface area contributed by atoms with Gasteiger partial charge in [-0.1, -0.05) is 17.7 Å². The van der Waals surface area contributed by atoms with Gasteiger partial charge in [0.25, 0.3) is 5.91 Å². The molecular weight excluding hydrogens is 282 g/mol. The first kappa shape index (κ1) is 16.0. The Hall–Kier alpha value is -2.01. The van der Waals surface area contributed by atoms with Crippen LogP contribution in [-0.4, -0.2) is 41.6 Å². The minimum atomic E-state index is -1.08. The number of halogens is 1. The number of amides is 1. The normalized spacial score (nSPS) is 9.90. The Bertz CT molecular complexity index is 516. The Kier molecular flexibility index (Phi) is 6.06. The van der Waals surface area contributed by atoms with Crippen LogP contribution in [0.1, 0.15) is 5.56 Å². The maximum Gasteiger partial charge on any atom is 0.323 e. The van der Waals surface area contributed by atoms with E-state index in [2.05, 4.69) is 6.58 Å². The van der Waals surface area contributed by atoms with Gasteiger partial charge in [-0.3, -0.25) is 9.59 Å². The van der Waals surface area contributed by atoms with Crippen LogP contribution in [0.25, 0.3) is 0 Å². The Morgan fingerprint density at radius 1 is 1.50 bits per heavy atom. The van der Waals surface area contributed by atoms with Gasteiger partial charge in [0.1, 0.15) is 12.3 Å². The topological polar surface area (TPSA) is 66.8 Å². The minimum Gasteiger partial charge on any atom is -0.484 e. The summed E-state index contributed by atoms with van der Waals surface area (Å²) in [5, 5.41) is 9.34. The largest absolute Gasteiger partial charge is 0.484 e. The molecule has 20 heavy (non-hydrogen) atoms. The fourth-order valence-corrected chi connectivity index (χ4v) is 1.63. The number of hydrogen-bond acceptors (Lipinski definition) is 3. The van der Waals surface area contributed by atoms with Gasteiger partial charge in [-0.05, 0) is 30.7 Å². The number of carboxylic acids is 1. The number of aliphatic carboxylic acids is 1. The molecule has 108 valence electrons. The molecule has 5 nitrogen and oxygen atoms in total. The molecule has 1 aromatic rings. The van der Waals surface area contributed by atoms with Crippen molar-refractivity contribution in [2.75, 3.05) is 19.7 Å². The summed E-state index contributed by atoms with van der Waals surface area (Å²) in [6, 6.07) is 5.04. The van der Waals surface area contributed by atoms with Crippen LogP contribution in [0.4, 0.5) is 0 Å². The first-order valence-electron chi connectivity index (χ1n) is 5.93. The van der Waals surface area contributed by atoms with Crippen LogP contribution < -0.4 is 4.74 Å². The Morgan fingerprint density at radius 3 is 2.75 bits per heavy atom. The number of ether oxygens (including phenoxy) is 1. The molecule has 1 rings (SSSR count). The first-order valence-corrected chi connectivity index (χ1v) is 6.31. The Balaban J connectivity index is 2.61. The van der Waals surface area contributed by atoms with Crippen molar-refractivity contribution in [3.05, 3.63) is 41.4 Å². The minimum absolute atomic E-state index is 0.161. The van der Waals surface area contributed by atoms with E-state index in [1.165, 1.54) is 6.08 Å². The molecule has 0 saturated carbocycles. The molecule has 0 unspecified atom stereocenters. The summed E-state index contributed by atoms with van der Waals surface area (Å²) in [6.45, 7) is 4.86. The Morgan fingerprint density at radius 2 is 2.20 bits per heavy atom.